The SMILES string of the molecule is CN(Cc1ccccc1)Cc1nnco1. The van der Waals surface area contributed by atoms with Gasteiger partial charge in [-0.1, -0.05) is 30.3 Å². The lowest BCUT2D eigenvalue weighted by Gasteiger charge is -2.13. The fourth-order valence-electron chi connectivity index (χ4n) is 1.45. The van der Waals surface area contributed by atoms with Crippen molar-refractivity contribution in [3.05, 3.63) is 48.2 Å². The molecule has 0 aliphatic heterocycles. The van der Waals surface area contributed by atoms with E-state index < -0.39 is 0 Å². The van der Waals surface area contributed by atoms with Crippen LogP contribution in [-0.2, 0) is 13.1 Å². The molecule has 1 aromatic carbocycles. The van der Waals surface area contributed by atoms with Crippen molar-refractivity contribution < 1.29 is 4.42 Å². The summed E-state index contributed by atoms with van der Waals surface area (Å²) in [6.07, 6.45) is 1.35. The first-order valence-corrected chi connectivity index (χ1v) is 4.82. The van der Waals surface area contributed by atoms with E-state index in [4.69, 9.17) is 4.42 Å². The van der Waals surface area contributed by atoms with Gasteiger partial charge in [-0.3, -0.25) is 4.90 Å². The molecule has 0 saturated carbocycles. The normalized spacial score (nSPS) is 10.8. The number of benzene rings is 1. The third-order valence-electron chi connectivity index (χ3n) is 2.11. The van der Waals surface area contributed by atoms with Crippen molar-refractivity contribution in [2.24, 2.45) is 0 Å². The van der Waals surface area contributed by atoms with Gasteiger partial charge in [0.25, 0.3) is 0 Å². The molecule has 15 heavy (non-hydrogen) atoms. The third-order valence-corrected chi connectivity index (χ3v) is 2.11. The standard InChI is InChI=1S/C11H13N3O/c1-14(8-11-13-12-9-15-11)7-10-5-3-2-4-6-10/h2-6,9H,7-8H2,1H3. The van der Waals surface area contributed by atoms with Gasteiger partial charge in [0.15, 0.2) is 0 Å². The first kappa shape index (κ1) is 9.86. The Morgan fingerprint density at radius 1 is 1.20 bits per heavy atom. The minimum Gasteiger partial charge on any atom is -0.427 e. The molecular formula is C11H13N3O. The second-order valence-corrected chi connectivity index (χ2v) is 3.49. The van der Waals surface area contributed by atoms with Crippen LogP contribution in [0.2, 0.25) is 0 Å². The Balaban J connectivity index is 1.90. The molecular weight excluding hydrogens is 190 g/mol. The second kappa shape index (κ2) is 4.70. The van der Waals surface area contributed by atoms with Gasteiger partial charge < -0.3 is 4.42 Å². The van der Waals surface area contributed by atoms with Gasteiger partial charge in [0.2, 0.25) is 12.3 Å². The van der Waals surface area contributed by atoms with E-state index in [1.165, 1.54) is 12.0 Å². The van der Waals surface area contributed by atoms with Crippen LogP contribution in [0, 0.1) is 0 Å². The van der Waals surface area contributed by atoms with E-state index in [1.807, 2.05) is 25.2 Å². The monoisotopic (exact) mass is 203 g/mol. The number of rotatable bonds is 4. The zero-order chi connectivity index (χ0) is 10.5. The Kier molecular flexibility index (Phi) is 3.09. The van der Waals surface area contributed by atoms with Gasteiger partial charge in [0, 0.05) is 6.54 Å². The average molecular weight is 203 g/mol. The molecule has 0 N–H and O–H groups in total. The molecule has 2 aromatic rings. The summed E-state index contributed by atoms with van der Waals surface area (Å²) in [4.78, 5) is 2.13. The van der Waals surface area contributed by atoms with Gasteiger partial charge in [-0.25, -0.2) is 0 Å². The predicted molar refractivity (Wildman–Crippen MR) is 55.9 cm³/mol. The molecule has 4 nitrogen and oxygen atoms in total. The molecule has 1 aromatic heterocycles. The number of hydrogen-bond acceptors (Lipinski definition) is 4. The summed E-state index contributed by atoms with van der Waals surface area (Å²) in [5.41, 5.74) is 1.28. The van der Waals surface area contributed by atoms with E-state index in [-0.39, 0.29) is 0 Å². The van der Waals surface area contributed by atoms with E-state index in [0.717, 1.165) is 6.54 Å². The first-order valence-electron chi connectivity index (χ1n) is 4.82. The summed E-state index contributed by atoms with van der Waals surface area (Å²) in [6, 6.07) is 10.3. The minimum atomic E-state index is 0.647. The number of hydrogen-bond donors (Lipinski definition) is 0. The first-order chi connectivity index (χ1) is 7.34. The van der Waals surface area contributed by atoms with Gasteiger partial charge in [-0.2, -0.15) is 0 Å². The van der Waals surface area contributed by atoms with Crippen molar-refractivity contribution in [1.29, 1.82) is 0 Å². The zero-order valence-corrected chi connectivity index (χ0v) is 8.63. The molecule has 4 heteroatoms. The van der Waals surface area contributed by atoms with Crippen molar-refractivity contribution in [3.8, 4) is 0 Å². The highest BCUT2D eigenvalue weighted by Gasteiger charge is 2.04. The molecule has 0 amide bonds. The van der Waals surface area contributed by atoms with Crippen molar-refractivity contribution in [2.75, 3.05) is 7.05 Å². The summed E-state index contributed by atoms with van der Waals surface area (Å²) in [5.74, 6) is 0.647. The Labute approximate surface area is 88.5 Å². The summed E-state index contributed by atoms with van der Waals surface area (Å²) in [6.45, 7) is 1.55. The van der Waals surface area contributed by atoms with Crippen LogP contribution in [0.25, 0.3) is 0 Å². The highest BCUT2D eigenvalue weighted by molar-refractivity contribution is 5.14. The van der Waals surface area contributed by atoms with Crippen LogP contribution in [0.3, 0.4) is 0 Å². The van der Waals surface area contributed by atoms with Crippen LogP contribution in [0.1, 0.15) is 11.5 Å². The Hall–Kier alpha value is -1.68. The lowest BCUT2D eigenvalue weighted by molar-refractivity contribution is 0.281. The maximum atomic E-state index is 5.08. The van der Waals surface area contributed by atoms with E-state index in [2.05, 4.69) is 27.2 Å². The molecule has 0 saturated heterocycles. The average Bonchev–Trinajstić information content (AvgIpc) is 2.71. The quantitative estimate of drug-likeness (QED) is 0.758. The fourth-order valence-corrected chi connectivity index (χ4v) is 1.45. The maximum Gasteiger partial charge on any atom is 0.230 e. The highest BCUT2D eigenvalue weighted by Crippen LogP contribution is 2.05. The van der Waals surface area contributed by atoms with Crippen LogP contribution in [-0.4, -0.2) is 22.1 Å². The van der Waals surface area contributed by atoms with Crippen LogP contribution in [0.5, 0.6) is 0 Å². The topological polar surface area (TPSA) is 42.2 Å². The number of aromatic nitrogens is 2. The van der Waals surface area contributed by atoms with E-state index in [1.54, 1.807) is 0 Å². The lowest BCUT2D eigenvalue weighted by Crippen LogP contribution is -2.17. The van der Waals surface area contributed by atoms with Gasteiger partial charge >= 0.3 is 0 Å². The van der Waals surface area contributed by atoms with Gasteiger partial charge in [-0.05, 0) is 12.6 Å². The summed E-state index contributed by atoms with van der Waals surface area (Å²) >= 11 is 0. The highest BCUT2D eigenvalue weighted by atomic mass is 16.4. The van der Waals surface area contributed by atoms with E-state index >= 15 is 0 Å². The third kappa shape index (κ3) is 2.89. The van der Waals surface area contributed by atoms with E-state index in [9.17, 15) is 0 Å². The Bertz CT molecular complexity index is 385. The minimum absolute atomic E-state index is 0.647. The van der Waals surface area contributed by atoms with Crippen LogP contribution in [0.4, 0.5) is 0 Å². The van der Waals surface area contributed by atoms with Gasteiger partial charge in [-0.15, -0.1) is 10.2 Å². The maximum absolute atomic E-state index is 5.08. The Morgan fingerprint density at radius 2 is 2.00 bits per heavy atom. The summed E-state index contributed by atoms with van der Waals surface area (Å²) in [5, 5.41) is 7.48. The lowest BCUT2D eigenvalue weighted by atomic mass is 10.2. The van der Waals surface area contributed by atoms with Crippen molar-refractivity contribution in [2.45, 2.75) is 13.1 Å². The summed E-state index contributed by atoms with van der Waals surface area (Å²) < 4.78 is 5.08. The molecule has 0 fully saturated rings. The van der Waals surface area contributed by atoms with Crippen molar-refractivity contribution >= 4 is 0 Å². The van der Waals surface area contributed by atoms with Crippen molar-refractivity contribution in [3.63, 3.8) is 0 Å². The van der Waals surface area contributed by atoms with E-state index in [0.29, 0.717) is 12.4 Å². The smallest absolute Gasteiger partial charge is 0.230 e. The molecule has 2 rings (SSSR count). The molecule has 0 atom stereocenters. The summed E-state index contributed by atoms with van der Waals surface area (Å²) in [7, 11) is 2.02. The molecule has 0 bridgehead atoms. The molecule has 0 aliphatic rings. The van der Waals surface area contributed by atoms with Crippen LogP contribution >= 0.6 is 0 Å². The predicted octanol–water partition coefficient (Wildman–Crippen LogP) is 1.70. The molecule has 0 unspecified atom stereocenters. The molecule has 0 aliphatic carbocycles. The fraction of sp³-hybridized carbons (Fsp3) is 0.273. The second-order valence-electron chi connectivity index (χ2n) is 3.49. The Morgan fingerprint density at radius 3 is 2.67 bits per heavy atom. The largest absolute Gasteiger partial charge is 0.427 e. The molecule has 0 spiro atoms. The molecule has 0 radical (unpaired) electrons. The van der Waals surface area contributed by atoms with Crippen LogP contribution in [0.15, 0.2) is 41.1 Å². The van der Waals surface area contributed by atoms with Crippen molar-refractivity contribution in [1.82, 2.24) is 15.1 Å². The zero-order valence-electron chi connectivity index (χ0n) is 8.63. The number of nitrogens with zero attached hydrogens (tertiary/aromatic N) is 3. The van der Waals surface area contributed by atoms with Crippen LogP contribution < -0.4 is 0 Å². The van der Waals surface area contributed by atoms with Gasteiger partial charge in [0.1, 0.15) is 0 Å². The molecule has 78 valence electrons. The molecule has 1 heterocycles. The van der Waals surface area contributed by atoms with Gasteiger partial charge in [0.05, 0.1) is 6.54 Å².